The lowest BCUT2D eigenvalue weighted by atomic mass is 10.0. The Labute approximate surface area is 115 Å². The molecule has 3 heteroatoms. The van der Waals surface area contributed by atoms with Gasteiger partial charge in [-0.2, -0.15) is 0 Å². The highest BCUT2D eigenvalue weighted by molar-refractivity contribution is 5.76. The Morgan fingerprint density at radius 3 is 2.95 bits per heavy atom. The Bertz CT molecular complexity index is 436. The minimum Gasteiger partial charge on any atom is -0.376 e. The second kappa shape index (κ2) is 6.71. The Morgan fingerprint density at radius 1 is 1.42 bits per heavy atom. The van der Waals surface area contributed by atoms with Gasteiger partial charge in [0, 0.05) is 19.6 Å². The molecule has 1 atom stereocenters. The maximum absolute atomic E-state index is 11.8. The number of carbonyl (C=O) groups excluding carboxylic acids is 1. The predicted octanol–water partition coefficient (Wildman–Crippen LogP) is 2.53. The second-order valence-corrected chi connectivity index (χ2v) is 5.37. The van der Waals surface area contributed by atoms with Gasteiger partial charge in [-0.1, -0.05) is 23.8 Å². The monoisotopic (exact) mass is 261 g/mol. The second-order valence-electron chi connectivity index (χ2n) is 5.37. The fourth-order valence-corrected chi connectivity index (χ4v) is 2.50. The SMILES string of the molecule is Cc1ccc(CCC(=O)NCC2CCCO2)c(C)c1. The molecule has 0 aromatic heterocycles. The van der Waals surface area contributed by atoms with Crippen molar-refractivity contribution in [3.63, 3.8) is 0 Å². The van der Waals surface area contributed by atoms with Crippen molar-refractivity contribution in [1.82, 2.24) is 5.32 Å². The molecule has 2 rings (SSSR count). The molecular weight excluding hydrogens is 238 g/mol. The molecule has 1 aliphatic rings. The summed E-state index contributed by atoms with van der Waals surface area (Å²) in [5.74, 6) is 0.121. The lowest BCUT2D eigenvalue weighted by Gasteiger charge is -2.11. The number of benzene rings is 1. The average molecular weight is 261 g/mol. The topological polar surface area (TPSA) is 38.3 Å². The molecule has 1 unspecified atom stereocenters. The van der Waals surface area contributed by atoms with Gasteiger partial charge in [0.2, 0.25) is 5.91 Å². The van der Waals surface area contributed by atoms with Crippen molar-refractivity contribution in [1.29, 1.82) is 0 Å². The van der Waals surface area contributed by atoms with Crippen LogP contribution in [0.25, 0.3) is 0 Å². The quantitative estimate of drug-likeness (QED) is 0.884. The van der Waals surface area contributed by atoms with Crippen molar-refractivity contribution in [2.45, 2.75) is 45.6 Å². The van der Waals surface area contributed by atoms with Crippen LogP contribution in [-0.4, -0.2) is 25.2 Å². The Hall–Kier alpha value is -1.35. The van der Waals surface area contributed by atoms with Crippen LogP contribution in [0.5, 0.6) is 0 Å². The molecular formula is C16H23NO2. The number of aryl methyl sites for hydroxylation is 3. The highest BCUT2D eigenvalue weighted by Crippen LogP contribution is 2.13. The first-order chi connectivity index (χ1) is 9.15. The van der Waals surface area contributed by atoms with Crippen LogP contribution >= 0.6 is 0 Å². The molecule has 0 saturated carbocycles. The van der Waals surface area contributed by atoms with Gasteiger partial charge in [-0.25, -0.2) is 0 Å². The Balaban J connectivity index is 1.73. The maximum atomic E-state index is 11.8. The summed E-state index contributed by atoms with van der Waals surface area (Å²) in [5.41, 5.74) is 3.80. The number of rotatable bonds is 5. The molecule has 0 aliphatic carbocycles. The Kier molecular flexibility index (Phi) is 4.97. The number of carbonyl (C=O) groups is 1. The molecule has 1 aliphatic heterocycles. The minimum atomic E-state index is 0.121. The molecule has 3 nitrogen and oxygen atoms in total. The third-order valence-corrected chi connectivity index (χ3v) is 3.67. The van der Waals surface area contributed by atoms with Crippen molar-refractivity contribution >= 4 is 5.91 Å². The van der Waals surface area contributed by atoms with Gasteiger partial charge in [0.25, 0.3) is 0 Å². The zero-order valence-electron chi connectivity index (χ0n) is 11.9. The lowest BCUT2D eigenvalue weighted by Crippen LogP contribution is -2.31. The van der Waals surface area contributed by atoms with Crippen molar-refractivity contribution in [3.8, 4) is 0 Å². The van der Waals surface area contributed by atoms with Crippen molar-refractivity contribution < 1.29 is 9.53 Å². The van der Waals surface area contributed by atoms with Gasteiger partial charge >= 0.3 is 0 Å². The van der Waals surface area contributed by atoms with E-state index in [0.717, 1.165) is 25.9 Å². The van der Waals surface area contributed by atoms with Gasteiger partial charge in [0.15, 0.2) is 0 Å². The van der Waals surface area contributed by atoms with Crippen LogP contribution in [0.1, 0.15) is 36.0 Å². The molecule has 1 N–H and O–H groups in total. The average Bonchev–Trinajstić information content (AvgIpc) is 2.88. The number of nitrogens with one attached hydrogen (secondary N) is 1. The lowest BCUT2D eigenvalue weighted by molar-refractivity contribution is -0.121. The molecule has 0 spiro atoms. The van der Waals surface area contributed by atoms with Gasteiger partial charge in [0.05, 0.1) is 6.10 Å². The van der Waals surface area contributed by atoms with E-state index in [4.69, 9.17) is 4.74 Å². The predicted molar refractivity (Wildman–Crippen MR) is 76.2 cm³/mol. The highest BCUT2D eigenvalue weighted by atomic mass is 16.5. The largest absolute Gasteiger partial charge is 0.376 e. The van der Waals surface area contributed by atoms with Crippen LogP contribution < -0.4 is 5.32 Å². The third-order valence-electron chi connectivity index (χ3n) is 3.67. The summed E-state index contributed by atoms with van der Waals surface area (Å²) in [7, 11) is 0. The fourth-order valence-electron chi connectivity index (χ4n) is 2.50. The molecule has 1 aromatic carbocycles. The zero-order chi connectivity index (χ0) is 13.7. The number of amides is 1. The van der Waals surface area contributed by atoms with Gasteiger partial charge in [0.1, 0.15) is 0 Å². The number of hydrogen-bond acceptors (Lipinski definition) is 2. The molecule has 104 valence electrons. The molecule has 1 fully saturated rings. The van der Waals surface area contributed by atoms with Crippen LogP contribution in [-0.2, 0) is 16.0 Å². The van der Waals surface area contributed by atoms with Crippen molar-refractivity contribution in [2.24, 2.45) is 0 Å². The summed E-state index contributed by atoms with van der Waals surface area (Å²) < 4.78 is 5.48. The molecule has 0 radical (unpaired) electrons. The number of hydrogen-bond donors (Lipinski definition) is 1. The summed E-state index contributed by atoms with van der Waals surface area (Å²) in [6, 6.07) is 6.39. The first-order valence-corrected chi connectivity index (χ1v) is 7.09. The van der Waals surface area contributed by atoms with E-state index in [1.807, 2.05) is 0 Å². The summed E-state index contributed by atoms with van der Waals surface area (Å²) in [5, 5.41) is 2.96. The third kappa shape index (κ3) is 4.35. The van der Waals surface area contributed by atoms with E-state index in [9.17, 15) is 4.79 Å². The van der Waals surface area contributed by atoms with Crippen LogP contribution in [0.4, 0.5) is 0 Å². The highest BCUT2D eigenvalue weighted by Gasteiger charge is 2.16. The molecule has 1 aromatic rings. The van der Waals surface area contributed by atoms with E-state index in [1.165, 1.54) is 16.7 Å². The smallest absolute Gasteiger partial charge is 0.220 e. The summed E-state index contributed by atoms with van der Waals surface area (Å²) in [6.07, 6.45) is 3.77. The van der Waals surface area contributed by atoms with Gasteiger partial charge in [-0.15, -0.1) is 0 Å². The van der Waals surface area contributed by atoms with Crippen LogP contribution in [0.15, 0.2) is 18.2 Å². The molecule has 19 heavy (non-hydrogen) atoms. The fraction of sp³-hybridized carbons (Fsp3) is 0.562. The van der Waals surface area contributed by atoms with Gasteiger partial charge < -0.3 is 10.1 Å². The molecule has 0 bridgehead atoms. The summed E-state index contributed by atoms with van der Waals surface area (Å²) >= 11 is 0. The van der Waals surface area contributed by atoms with Gasteiger partial charge in [-0.05, 0) is 44.2 Å². The van der Waals surface area contributed by atoms with Crippen molar-refractivity contribution in [3.05, 3.63) is 34.9 Å². The zero-order valence-corrected chi connectivity index (χ0v) is 11.9. The normalized spacial score (nSPS) is 18.5. The maximum Gasteiger partial charge on any atom is 0.220 e. The van der Waals surface area contributed by atoms with Crippen LogP contribution in [0.2, 0.25) is 0 Å². The molecule has 1 saturated heterocycles. The Morgan fingerprint density at radius 2 is 2.26 bits per heavy atom. The minimum absolute atomic E-state index is 0.121. The van der Waals surface area contributed by atoms with Crippen LogP contribution in [0.3, 0.4) is 0 Å². The van der Waals surface area contributed by atoms with E-state index < -0.39 is 0 Å². The summed E-state index contributed by atoms with van der Waals surface area (Å²) in [6.45, 7) is 5.69. The van der Waals surface area contributed by atoms with E-state index in [1.54, 1.807) is 0 Å². The van der Waals surface area contributed by atoms with Gasteiger partial charge in [-0.3, -0.25) is 4.79 Å². The summed E-state index contributed by atoms with van der Waals surface area (Å²) in [4.78, 5) is 11.8. The van der Waals surface area contributed by atoms with E-state index >= 15 is 0 Å². The van der Waals surface area contributed by atoms with Crippen LogP contribution in [0, 0.1) is 13.8 Å². The molecule has 1 heterocycles. The molecule has 1 amide bonds. The number of ether oxygens (including phenoxy) is 1. The standard InChI is InChI=1S/C16H23NO2/c1-12-5-6-14(13(2)10-12)7-8-16(18)17-11-15-4-3-9-19-15/h5-6,10,15H,3-4,7-9,11H2,1-2H3,(H,17,18). The van der Waals surface area contributed by atoms with E-state index in [2.05, 4.69) is 37.4 Å². The van der Waals surface area contributed by atoms with E-state index in [0.29, 0.717) is 13.0 Å². The first kappa shape index (κ1) is 14.1. The first-order valence-electron chi connectivity index (χ1n) is 7.09. The van der Waals surface area contributed by atoms with Crippen molar-refractivity contribution in [2.75, 3.05) is 13.2 Å². The van der Waals surface area contributed by atoms with E-state index in [-0.39, 0.29) is 12.0 Å².